The van der Waals surface area contributed by atoms with Crippen molar-refractivity contribution in [2.24, 2.45) is 0 Å². The van der Waals surface area contributed by atoms with Gasteiger partial charge in [-0.25, -0.2) is 0 Å². The minimum atomic E-state index is -0.117. The Bertz CT molecular complexity index is 436. The number of benzene rings is 1. The number of hydrogen-bond acceptors (Lipinski definition) is 2. The monoisotopic (exact) mass is 253 g/mol. The SMILES string of the molecule is CCC1(NC(=O)c2ccc(O)c(Cl)c2)CCC1. The fourth-order valence-corrected chi connectivity index (χ4v) is 2.31. The summed E-state index contributed by atoms with van der Waals surface area (Å²) in [6, 6.07) is 4.52. The molecule has 0 aromatic heterocycles. The third-order valence-electron chi connectivity index (χ3n) is 3.58. The molecule has 1 aromatic carbocycles. The number of carbonyl (C=O) groups excluding carboxylic acids is 1. The van der Waals surface area contributed by atoms with E-state index in [0.717, 1.165) is 19.3 Å². The molecular formula is C13H16ClNO2. The summed E-state index contributed by atoms with van der Waals surface area (Å²) in [5.74, 6) is -0.120. The molecular weight excluding hydrogens is 238 g/mol. The van der Waals surface area contributed by atoms with Gasteiger partial charge >= 0.3 is 0 Å². The topological polar surface area (TPSA) is 49.3 Å². The lowest BCUT2D eigenvalue weighted by molar-refractivity contribution is 0.0820. The van der Waals surface area contributed by atoms with E-state index in [4.69, 9.17) is 11.6 Å². The van der Waals surface area contributed by atoms with Crippen LogP contribution in [0.4, 0.5) is 0 Å². The molecule has 92 valence electrons. The van der Waals surface area contributed by atoms with Crippen LogP contribution in [0.5, 0.6) is 5.75 Å². The van der Waals surface area contributed by atoms with Crippen LogP contribution in [0.3, 0.4) is 0 Å². The third kappa shape index (κ3) is 2.39. The highest BCUT2D eigenvalue weighted by Gasteiger charge is 2.36. The van der Waals surface area contributed by atoms with Gasteiger partial charge in [-0.3, -0.25) is 4.79 Å². The molecule has 2 rings (SSSR count). The highest BCUT2D eigenvalue weighted by atomic mass is 35.5. The first-order valence-electron chi connectivity index (χ1n) is 5.87. The third-order valence-corrected chi connectivity index (χ3v) is 3.88. The van der Waals surface area contributed by atoms with Crippen molar-refractivity contribution in [2.75, 3.05) is 0 Å². The summed E-state index contributed by atoms with van der Waals surface area (Å²) < 4.78 is 0. The Balaban J connectivity index is 2.11. The smallest absolute Gasteiger partial charge is 0.251 e. The van der Waals surface area contributed by atoms with E-state index in [9.17, 15) is 9.90 Å². The number of nitrogens with one attached hydrogen (secondary N) is 1. The molecule has 0 aliphatic heterocycles. The number of carbonyl (C=O) groups is 1. The fraction of sp³-hybridized carbons (Fsp3) is 0.462. The van der Waals surface area contributed by atoms with Gasteiger partial charge in [0.1, 0.15) is 5.75 Å². The summed E-state index contributed by atoms with van der Waals surface area (Å²) in [7, 11) is 0. The fourth-order valence-electron chi connectivity index (χ4n) is 2.13. The van der Waals surface area contributed by atoms with Crippen LogP contribution in [-0.2, 0) is 0 Å². The van der Waals surface area contributed by atoms with Crippen LogP contribution in [0.25, 0.3) is 0 Å². The van der Waals surface area contributed by atoms with E-state index in [1.54, 1.807) is 6.07 Å². The minimum absolute atomic E-state index is 0.00272. The molecule has 1 aliphatic rings. The molecule has 0 saturated heterocycles. The molecule has 3 nitrogen and oxygen atoms in total. The largest absolute Gasteiger partial charge is 0.506 e. The van der Waals surface area contributed by atoms with Crippen LogP contribution in [0.15, 0.2) is 18.2 Å². The first-order chi connectivity index (χ1) is 8.06. The van der Waals surface area contributed by atoms with Gasteiger partial charge in [0, 0.05) is 11.1 Å². The number of amides is 1. The maximum Gasteiger partial charge on any atom is 0.251 e. The highest BCUT2D eigenvalue weighted by Crippen LogP contribution is 2.35. The molecule has 0 atom stereocenters. The predicted octanol–water partition coefficient (Wildman–Crippen LogP) is 3.11. The molecule has 0 bridgehead atoms. The second-order valence-electron chi connectivity index (χ2n) is 4.61. The van der Waals surface area contributed by atoms with Crippen LogP contribution in [0.2, 0.25) is 5.02 Å². The van der Waals surface area contributed by atoms with Crippen LogP contribution in [-0.4, -0.2) is 16.6 Å². The molecule has 0 heterocycles. The Morgan fingerprint density at radius 2 is 2.24 bits per heavy atom. The number of aromatic hydroxyl groups is 1. The zero-order valence-electron chi connectivity index (χ0n) is 9.79. The average molecular weight is 254 g/mol. The van der Waals surface area contributed by atoms with Crippen LogP contribution >= 0.6 is 11.6 Å². The van der Waals surface area contributed by atoms with Crippen LogP contribution < -0.4 is 5.32 Å². The normalized spacial score (nSPS) is 17.3. The van der Waals surface area contributed by atoms with Crippen molar-refractivity contribution in [3.8, 4) is 5.75 Å². The van der Waals surface area contributed by atoms with Gasteiger partial charge < -0.3 is 10.4 Å². The minimum Gasteiger partial charge on any atom is -0.506 e. The molecule has 0 unspecified atom stereocenters. The Kier molecular flexibility index (Phi) is 3.29. The Labute approximate surface area is 106 Å². The summed E-state index contributed by atoms with van der Waals surface area (Å²) in [6.07, 6.45) is 4.21. The summed E-state index contributed by atoms with van der Waals surface area (Å²) in [4.78, 5) is 12.0. The van der Waals surface area contributed by atoms with E-state index in [1.807, 2.05) is 0 Å². The second-order valence-corrected chi connectivity index (χ2v) is 5.01. The zero-order chi connectivity index (χ0) is 12.5. The van der Waals surface area contributed by atoms with Crippen molar-refractivity contribution < 1.29 is 9.90 Å². The van der Waals surface area contributed by atoms with Gasteiger partial charge in [0.05, 0.1) is 5.02 Å². The van der Waals surface area contributed by atoms with E-state index in [1.165, 1.54) is 18.6 Å². The lowest BCUT2D eigenvalue weighted by Crippen LogP contribution is -2.52. The van der Waals surface area contributed by atoms with Crippen LogP contribution in [0, 0.1) is 0 Å². The first kappa shape index (κ1) is 12.2. The van der Waals surface area contributed by atoms with Gasteiger partial charge in [-0.1, -0.05) is 18.5 Å². The second kappa shape index (κ2) is 4.57. The molecule has 4 heteroatoms. The number of phenols is 1. The average Bonchev–Trinajstić information content (AvgIpc) is 2.27. The zero-order valence-corrected chi connectivity index (χ0v) is 10.5. The van der Waals surface area contributed by atoms with Crippen LogP contribution in [0.1, 0.15) is 43.0 Å². The quantitative estimate of drug-likeness (QED) is 0.870. The van der Waals surface area contributed by atoms with Gasteiger partial charge in [0.15, 0.2) is 0 Å². The number of phenolic OH excluding ortho intramolecular Hbond substituents is 1. The number of hydrogen-bond donors (Lipinski definition) is 2. The van der Waals surface area contributed by atoms with E-state index in [2.05, 4.69) is 12.2 Å². The first-order valence-corrected chi connectivity index (χ1v) is 6.25. The standard InChI is InChI=1S/C13H16ClNO2/c1-2-13(6-3-7-13)15-12(17)9-4-5-11(16)10(14)8-9/h4-5,8,16H,2-3,6-7H2,1H3,(H,15,17). The summed E-state index contributed by atoms with van der Waals surface area (Å²) >= 11 is 5.78. The maximum atomic E-state index is 12.0. The summed E-state index contributed by atoms with van der Waals surface area (Å²) in [5, 5.41) is 12.6. The predicted molar refractivity (Wildman–Crippen MR) is 67.5 cm³/mol. The molecule has 1 fully saturated rings. The molecule has 2 N–H and O–H groups in total. The van der Waals surface area contributed by atoms with Crippen molar-refractivity contribution >= 4 is 17.5 Å². The molecule has 17 heavy (non-hydrogen) atoms. The number of halogens is 1. The van der Waals surface area contributed by atoms with E-state index >= 15 is 0 Å². The highest BCUT2D eigenvalue weighted by molar-refractivity contribution is 6.32. The molecule has 0 radical (unpaired) electrons. The van der Waals surface area contributed by atoms with Crippen molar-refractivity contribution in [1.29, 1.82) is 0 Å². The summed E-state index contributed by atoms with van der Waals surface area (Å²) in [5.41, 5.74) is 0.467. The molecule has 1 amide bonds. The van der Waals surface area contributed by atoms with Crippen molar-refractivity contribution in [3.05, 3.63) is 28.8 Å². The maximum absolute atomic E-state index is 12.0. The molecule has 1 aliphatic carbocycles. The lowest BCUT2D eigenvalue weighted by Gasteiger charge is -2.42. The van der Waals surface area contributed by atoms with E-state index < -0.39 is 0 Å². The van der Waals surface area contributed by atoms with Gasteiger partial charge in [-0.2, -0.15) is 0 Å². The van der Waals surface area contributed by atoms with Gasteiger partial charge in [-0.05, 0) is 43.9 Å². The number of rotatable bonds is 3. The Morgan fingerprint density at radius 3 is 2.71 bits per heavy atom. The van der Waals surface area contributed by atoms with E-state index in [-0.39, 0.29) is 22.2 Å². The van der Waals surface area contributed by atoms with E-state index in [0.29, 0.717) is 5.56 Å². The van der Waals surface area contributed by atoms with Crippen molar-refractivity contribution in [3.63, 3.8) is 0 Å². The lowest BCUT2D eigenvalue weighted by atomic mass is 9.74. The Hall–Kier alpha value is -1.22. The van der Waals surface area contributed by atoms with Gasteiger partial charge in [-0.15, -0.1) is 0 Å². The van der Waals surface area contributed by atoms with Crippen molar-refractivity contribution in [1.82, 2.24) is 5.32 Å². The van der Waals surface area contributed by atoms with Gasteiger partial charge in [0.25, 0.3) is 5.91 Å². The van der Waals surface area contributed by atoms with Crippen molar-refractivity contribution in [2.45, 2.75) is 38.1 Å². The molecule has 1 aromatic rings. The Morgan fingerprint density at radius 1 is 1.53 bits per heavy atom. The van der Waals surface area contributed by atoms with Gasteiger partial charge in [0.2, 0.25) is 0 Å². The molecule has 1 saturated carbocycles. The summed E-state index contributed by atoms with van der Waals surface area (Å²) in [6.45, 7) is 2.09. The molecule has 0 spiro atoms.